The van der Waals surface area contributed by atoms with Crippen molar-refractivity contribution >= 4 is 19.3 Å². The lowest BCUT2D eigenvalue weighted by atomic mass is 10.0. The molecule has 0 amide bonds. The van der Waals surface area contributed by atoms with Gasteiger partial charge in [0.05, 0.1) is 19.3 Å². The van der Waals surface area contributed by atoms with Crippen LogP contribution in [-0.4, -0.2) is 57.3 Å². The average molecular weight is 219 g/mol. The first-order valence-corrected chi connectivity index (χ1v) is 5.22. The lowest BCUT2D eigenvalue weighted by Crippen LogP contribution is -2.53. The van der Waals surface area contributed by atoms with Crippen molar-refractivity contribution in [2.45, 2.75) is 6.10 Å². The minimum Gasteiger partial charge on any atom is -0.382 e. The van der Waals surface area contributed by atoms with E-state index in [1.807, 2.05) is 0 Å². The number of rotatable bonds is 5. The van der Waals surface area contributed by atoms with Crippen molar-refractivity contribution in [1.29, 1.82) is 0 Å². The second kappa shape index (κ2) is 5.27. The van der Waals surface area contributed by atoms with Crippen LogP contribution in [0.4, 0.5) is 5.95 Å². The maximum atomic E-state index is 5.55. The minimum atomic E-state index is 0.260. The summed E-state index contributed by atoms with van der Waals surface area (Å²) in [7, 11) is 7.18. The summed E-state index contributed by atoms with van der Waals surface area (Å²) in [5.74, 6) is 0.709. The smallest absolute Gasteiger partial charge is 0.225 e. The van der Waals surface area contributed by atoms with Gasteiger partial charge in [0, 0.05) is 32.6 Å². The maximum Gasteiger partial charge on any atom is 0.225 e. The third kappa shape index (κ3) is 2.71. The predicted molar refractivity (Wildman–Crippen MR) is 61.2 cm³/mol. The van der Waals surface area contributed by atoms with Gasteiger partial charge < -0.3 is 14.4 Å². The number of hydrogen-bond acceptors (Lipinski definition) is 5. The normalized spacial score (nSPS) is 16.2. The Morgan fingerprint density at radius 3 is 2.69 bits per heavy atom. The molecule has 0 N–H and O–H groups in total. The maximum absolute atomic E-state index is 5.55. The molecule has 0 unspecified atom stereocenters. The van der Waals surface area contributed by atoms with Crippen molar-refractivity contribution in [3.63, 3.8) is 0 Å². The molecule has 1 aromatic heterocycles. The van der Waals surface area contributed by atoms with Crippen molar-refractivity contribution in [1.82, 2.24) is 9.97 Å². The largest absolute Gasteiger partial charge is 0.382 e. The molecule has 0 bridgehead atoms. The van der Waals surface area contributed by atoms with Gasteiger partial charge in [-0.15, -0.1) is 0 Å². The summed E-state index contributed by atoms with van der Waals surface area (Å²) in [5.41, 5.74) is 0.581. The fourth-order valence-corrected chi connectivity index (χ4v) is 1.50. The average Bonchev–Trinajstić information content (AvgIpc) is 2.23. The van der Waals surface area contributed by atoms with E-state index in [0.29, 0.717) is 24.6 Å². The zero-order chi connectivity index (χ0) is 11.4. The summed E-state index contributed by atoms with van der Waals surface area (Å²) < 4.78 is 10.5. The number of aromatic nitrogens is 2. The molecule has 0 spiro atoms. The number of hydrogen-bond donors (Lipinski definition) is 0. The molecule has 84 valence electrons. The monoisotopic (exact) mass is 219 g/mol. The van der Waals surface area contributed by atoms with Crippen LogP contribution in [-0.2, 0) is 9.47 Å². The van der Waals surface area contributed by atoms with E-state index >= 15 is 0 Å². The number of methoxy groups -OCH3 is 1. The molecule has 1 aliphatic heterocycles. The van der Waals surface area contributed by atoms with Gasteiger partial charge in [-0.1, -0.05) is 5.46 Å². The summed E-state index contributed by atoms with van der Waals surface area (Å²) in [6, 6.07) is 0. The van der Waals surface area contributed by atoms with Gasteiger partial charge in [0.15, 0.2) is 0 Å². The molecule has 1 aromatic rings. The highest BCUT2D eigenvalue weighted by Gasteiger charge is 2.28. The molecule has 1 fully saturated rings. The fraction of sp³-hybridized carbons (Fsp3) is 0.600. The van der Waals surface area contributed by atoms with E-state index in [4.69, 9.17) is 17.3 Å². The van der Waals surface area contributed by atoms with Crippen LogP contribution >= 0.6 is 0 Å². The van der Waals surface area contributed by atoms with Crippen molar-refractivity contribution in [2.24, 2.45) is 0 Å². The molecule has 1 aliphatic rings. The molecule has 2 heterocycles. The van der Waals surface area contributed by atoms with Crippen LogP contribution < -0.4 is 10.4 Å². The first kappa shape index (κ1) is 11.4. The Hall–Kier alpha value is -1.14. The van der Waals surface area contributed by atoms with Crippen LogP contribution in [0.2, 0.25) is 0 Å². The minimum absolute atomic E-state index is 0.260. The molecule has 2 radical (unpaired) electrons. The third-order valence-corrected chi connectivity index (χ3v) is 2.43. The molecule has 0 atom stereocenters. The topological polar surface area (TPSA) is 47.5 Å². The van der Waals surface area contributed by atoms with Gasteiger partial charge in [0.1, 0.15) is 7.85 Å². The summed E-state index contributed by atoms with van der Waals surface area (Å²) in [6.07, 6.45) is 3.49. The highest BCUT2D eigenvalue weighted by atomic mass is 16.5. The fourth-order valence-electron chi connectivity index (χ4n) is 1.50. The highest BCUT2D eigenvalue weighted by molar-refractivity contribution is 6.31. The van der Waals surface area contributed by atoms with Gasteiger partial charge in [-0.3, -0.25) is 0 Å². The van der Waals surface area contributed by atoms with Crippen LogP contribution in [0.15, 0.2) is 12.4 Å². The molecule has 0 aliphatic carbocycles. The molecule has 6 heteroatoms. The van der Waals surface area contributed by atoms with E-state index in [-0.39, 0.29) is 6.10 Å². The molecule has 0 aromatic carbocycles. The van der Waals surface area contributed by atoms with E-state index in [1.165, 1.54) is 0 Å². The first-order chi connectivity index (χ1) is 7.79. The van der Waals surface area contributed by atoms with Crippen LogP contribution in [0.25, 0.3) is 0 Å². The second-order valence-corrected chi connectivity index (χ2v) is 3.71. The predicted octanol–water partition coefficient (Wildman–Crippen LogP) is -0.878. The molecule has 0 saturated carbocycles. The Morgan fingerprint density at radius 2 is 2.06 bits per heavy atom. The van der Waals surface area contributed by atoms with E-state index in [2.05, 4.69) is 14.9 Å². The summed E-state index contributed by atoms with van der Waals surface area (Å²) in [5, 5.41) is 0. The van der Waals surface area contributed by atoms with Crippen LogP contribution in [0.5, 0.6) is 0 Å². The lowest BCUT2D eigenvalue weighted by molar-refractivity contribution is 0.00350. The van der Waals surface area contributed by atoms with Crippen molar-refractivity contribution in [2.75, 3.05) is 38.3 Å². The van der Waals surface area contributed by atoms with Crippen LogP contribution in [0.3, 0.4) is 0 Å². The van der Waals surface area contributed by atoms with E-state index in [9.17, 15) is 0 Å². The zero-order valence-corrected chi connectivity index (χ0v) is 9.30. The summed E-state index contributed by atoms with van der Waals surface area (Å²) >= 11 is 0. The number of anilines is 1. The van der Waals surface area contributed by atoms with Gasteiger partial charge >= 0.3 is 0 Å². The standard InChI is InChI=1S/C10H14BN3O2/c1-15-2-3-16-9-6-14(7-9)10-12-4-8(11)5-13-10/h4-5,9H,2-3,6-7H2,1H3. The van der Waals surface area contributed by atoms with Crippen LogP contribution in [0.1, 0.15) is 0 Å². The van der Waals surface area contributed by atoms with Gasteiger partial charge in [-0.05, 0) is 0 Å². The lowest BCUT2D eigenvalue weighted by Gasteiger charge is -2.38. The zero-order valence-electron chi connectivity index (χ0n) is 9.30. The third-order valence-electron chi connectivity index (χ3n) is 2.43. The van der Waals surface area contributed by atoms with E-state index < -0.39 is 0 Å². The highest BCUT2D eigenvalue weighted by Crippen LogP contribution is 2.16. The molecule has 5 nitrogen and oxygen atoms in total. The Morgan fingerprint density at radius 1 is 1.38 bits per heavy atom. The van der Waals surface area contributed by atoms with E-state index in [1.54, 1.807) is 19.5 Å². The Labute approximate surface area is 96.2 Å². The summed E-state index contributed by atoms with van der Waals surface area (Å²) in [4.78, 5) is 10.3. The Balaban J connectivity index is 1.73. The SMILES string of the molecule is [B]c1cnc(N2CC(OCCOC)C2)nc1. The van der Waals surface area contributed by atoms with Gasteiger partial charge in [-0.25, -0.2) is 9.97 Å². The molecular weight excluding hydrogens is 205 g/mol. The molecule has 1 saturated heterocycles. The second-order valence-electron chi connectivity index (χ2n) is 3.71. The first-order valence-electron chi connectivity index (χ1n) is 5.22. The quantitative estimate of drug-likeness (QED) is 0.475. The Bertz CT molecular complexity index is 327. The van der Waals surface area contributed by atoms with Gasteiger partial charge in [0.25, 0.3) is 0 Å². The molecule has 2 rings (SSSR count). The van der Waals surface area contributed by atoms with Crippen LogP contribution in [0, 0.1) is 0 Å². The van der Waals surface area contributed by atoms with Crippen molar-refractivity contribution in [3.05, 3.63) is 12.4 Å². The molecule has 16 heavy (non-hydrogen) atoms. The number of nitrogens with zero attached hydrogens (tertiary/aromatic N) is 3. The Kier molecular flexibility index (Phi) is 3.74. The molecular formula is C10H14BN3O2. The van der Waals surface area contributed by atoms with E-state index in [0.717, 1.165) is 13.1 Å². The summed E-state index contributed by atoms with van der Waals surface area (Å²) in [6.45, 7) is 2.92. The van der Waals surface area contributed by atoms with Crippen molar-refractivity contribution in [3.8, 4) is 0 Å². The van der Waals surface area contributed by atoms with Crippen molar-refractivity contribution < 1.29 is 9.47 Å². The van der Waals surface area contributed by atoms with Gasteiger partial charge in [-0.2, -0.15) is 0 Å². The van der Waals surface area contributed by atoms with Gasteiger partial charge in [0.2, 0.25) is 5.95 Å². The number of ether oxygens (including phenoxy) is 2.